The van der Waals surface area contributed by atoms with Crippen molar-refractivity contribution < 1.29 is 4.79 Å². The van der Waals surface area contributed by atoms with E-state index in [9.17, 15) is 4.79 Å². The summed E-state index contributed by atoms with van der Waals surface area (Å²) >= 11 is 1.54. The molecule has 0 fully saturated rings. The number of hydrogen-bond donors (Lipinski definition) is 0. The van der Waals surface area contributed by atoms with Crippen LogP contribution in [0.1, 0.15) is 32.6 Å². The van der Waals surface area contributed by atoms with Crippen LogP contribution in [0.4, 0.5) is 5.13 Å². The van der Waals surface area contributed by atoms with Crippen molar-refractivity contribution in [2.45, 2.75) is 20.4 Å². The molecule has 0 aliphatic carbocycles. The van der Waals surface area contributed by atoms with E-state index in [1.165, 1.54) is 11.3 Å². The summed E-state index contributed by atoms with van der Waals surface area (Å²) in [6.07, 6.45) is 0. The minimum atomic E-state index is -0.132. The Morgan fingerprint density at radius 2 is 1.69 bits per heavy atom. The summed E-state index contributed by atoms with van der Waals surface area (Å²) in [5.41, 5.74) is 5.28. The molecule has 0 bridgehead atoms. The molecule has 4 aromatic rings. The smallest absolute Gasteiger partial charge is 0.260 e. The zero-order chi connectivity index (χ0) is 20.4. The van der Waals surface area contributed by atoms with Gasteiger partial charge in [-0.15, -0.1) is 0 Å². The highest BCUT2D eigenvalue weighted by Gasteiger charge is 2.22. The van der Waals surface area contributed by atoms with Crippen LogP contribution in [-0.4, -0.2) is 10.9 Å². The highest BCUT2D eigenvalue weighted by atomic mass is 32.1. The van der Waals surface area contributed by atoms with E-state index in [4.69, 9.17) is 10.2 Å². The Labute approximate surface area is 173 Å². The molecule has 0 aliphatic heterocycles. The van der Waals surface area contributed by atoms with Crippen LogP contribution in [0.15, 0.2) is 66.7 Å². The van der Waals surface area contributed by atoms with Crippen molar-refractivity contribution in [3.63, 3.8) is 0 Å². The fourth-order valence-electron chi connectivity index (χ4n) is 3.20. The monoisotopic (exact) mass is 397 g/mol. The summed E-state index contributed by atoms with van der Waals surface area (Å²) in [5, 5.41) is 9.70. The van der Waals surface area contributed by atoms with Crippen LogP contribution in [0.5, 0.6) is 0 Å². The molecule has 3 aromatic carbocycles. The van der Waals surface area contributed by atoms with Crippen molar-refractivity contribution in [3.05, 3.63) is 94.5 Å². The van der Waals surface area contributed by atoms with Crippen molar-refractivity contribution >= 4 is 32.6 Å². The van der Waals surface area contributed by atoms with Crippen LogP contribution in [-0.2, 0) is 6.54 Å². The Kier molecular flexibility index (Phi) is 5.11. The molecule has 1 aromatic heterocycles. The molecule has 29 heavy (non-hydrogen) atoms. The molecule has 4 nitrogen and oxygen atoms in total. The van der Waals surface area contributed by atoms with E-state index < -0.39 is 0 Å². The zero-order valence-electron chi connectivity index (χ0n) is 16.2. The number of nitrogens with zero attached hydrogens (tertiary/aromatic N) is 3. The molecular formula is C24H19N3OS. The summed E-state index contributed by atoms with van der Waals surface area (Å²) in [4.78, 5) is 19.9. The van der Waals surface area contributed by atoms with Crippen molar-refractivity contribution in [2.75, 3.05) is 4.90 Å². The zero-order valence-corrected chi connectivity index (χ0v) is 17.0. The lowest BCUT2D eigenvalue weighted by Crippen LogP contribution is -2.30. The van der Waals surface area contributed by atoms with E-state index in [0.29, 0.717) is 22.8 Å². The molecule has 0 saturated heterocycles. The average molecular weight is 398 g/mol. The van der Waals surface area contributed by atoms with Gasteiger partial charge in [0.15, 0.2) is 5.13 Å². The number of nitriles is 1. The quantitative estimate of drug-likeness (QED) is 0.448. The molecule has 0 radical (unpaired) electrons. The van der Waals surface area contributed by atoms with Crippen molar-refractivity contribution in [1.29, 1.82) is 5.26 Å². The van der Waals surface area contributed by atoms with Crippen LogP contribution >= 0.6 is 11.3 Å². The van der Waals surface area contributed by atoms with E-state index in [1.807, 2.05) is 37.3 Å². The van der Waals surface area contributed by atoms with Gasteiger partial charge in [-0.25, -0.2) is 4.98 Å². The molecule has 0 unspecified atom stereocenters. The summed E-state index contributed by atoms with van der Waals surface area (Å²) in [6.45, 7) is 4.53. The first-order chi connectivity index (χ1) is 14.1. The van der Waals surface area contributed by atoms with E-state index in [2.05, 4.69) is 25.1 Å². The summed E-state index contributed by atoms with van der Waals surface area (Å²) in [5.74, 6) is -0.132. The van der Waals surface area contributed by atoms with Gasteiger partial charge in [0, 0.05) is 5.56 Å². The maximum Gasteiger partial charge on any atom is 0.260 e. The van der Waals surface area contributed by atoms with E-state index in [0.717, 1.165) is 26.9 Å². The molecule has 0 aliphatic rings. The normalized spacial score (nSPS) is 10.7. The summed E-state index contributed by atoms with van der Waals surface area (Å²) in [7, 11) is 0. The molecule has 0 N–H and O–H groups in total. The highest BCUT2D eigenvalue weighted by Crippen LogP contribution is 2.34. The van der Waals surface area contributed by atoms with Crippen LogP contribution in [0.2, 0.25) is 0 Å². The van der Waals surface area contributed by atoms with Crippen LogP contribution in [0.3, 0.4) is 0 Å². The Morgan fingerprint density at radius 1 is 1.00 bits per heavy atom. The molecule has 0 spiro atoms. The van der Waals surface area contributed by atoms with E-state index in [1.54, 1.807) is 29.2 Å². The Hall–Kier alpha value is -3.49. The lowest BCUT2D eigenvalue weighted by molar-refractivity contribution is 0.0985. The largest absolute Gasteiger partial charge is 0.279 e. The number of amides is 1. The number of benzene rings is 3. The van der Waals surface area contributed by atoms with Gasteiger partial charge in [0.25, 0.3) is 5.91 Å². The van der Waals surface area contributed by atoms with Gasteiger partial charge in [0.2, 0.25) is 0 Å². The number of fused-ring (bicyclic) bond motifs is 1. The first kappa shape index (κ1) is 18.9. The average Bonchev–Trinajstić information content (AvgIpc) is 3.21. The number of anilines is 1. The van der Waals surface area contributed by atoms with Gasteiger partial charge >= 0.3 is 0 Å². The molecule has 5 heteroatoms. The van der Waals surface area contributed by atoms with Gasteiger partial charge in [-0.3, -0.25) is 9.69 Å². The third-order valence-electron chi connectivity index (χ3n) is 4.85. The van der Waals surface area contributed by atoms with Crippen LogP contribution < -0.4 is 4.90 Å². The third kappa shape index (κ3) is 3.75. The van der Waals surface area contributed by atoms with Crippen molar-refractivity contribution in [2.24, 2.45) is 0 Å². The van der Waals surface area contributed by atoms with Crippen LogP contribution in [0.25, 0.3) is 10.2 Å². The number of rotatable bonds is 4. The first-order valence-electron chi connectivity index (χ1n) is 9.29. The highest BCUT2D eigenvalue weighted by molar-refractivity contribution is 7.22. The second-order valence-corrected chi connectivity index (χ2v) is 7.92. The standard InChI is InChI=1S/C24H19N3OS/c1-16-8-9-17(2)22-21(16)26-24(29-22)27(15-19-6-4-3-5-7-19)23(28)20-12-10-18(14-25)11-13-20/h3-13H,15H2,1-2H3. The van der Waals surface area contributed by atoms with E-state index >= 15 is 0 Å². The SMILES string of the molecule is Cc1ccc(C)c2sc(N(Cc3ccccc3)C(=O)c3ccc(C#N)cc3)nc12. The minimum absolute atomic E-state index is 0.132. The number of aromatic nitrogens is 1. The maximum absolute atomic E-state index is 13.4. The van der Waals surface area contributed by atoms with Gasteiger partial charge in [0.1, 0.15) is 0 Å². The van der Waals surface area contributed by atoms with Crippen molar-refractivity contribution in [3.8, 4) is 6.07 Å². The van der Waals surface area contributed by atoms with Gasteiger partial charge < -0.3 is 0 Å². The second kappa shape index (κ2) is 7.86. The summed E-state index contributed by atoms with van der Waals surface area (Å²) in [6, 6.07) is 22.9. The lowest BCUT2D eigenvalue weighted by Gasteiger charge is -2.20. The summed E-state index contributed by atoms with van der Waals surface area (Å²) < 4.78 is 1.10. The lowest BCUT2D eigenvalue weighted by atomic mass is 10.1. The Bertz CT molecular complexity index is 1180. The van der Waals surface area contributed by atoms with Crippen LogP contribution in [0, 0.1) is 25.2 Å². The number of carbonyl (C=O) groups excluding carboxylic acids is 1. The first-order valence-corrected chi connectivity index (χ1v) is 10.1. The Balaban J connectivity index is 1.80. The fourth-order valence-corrected chi connectivity index (χ4v) is 4.31. The molecular weight excluding hydrogens is 378 g/mol. The number of carbonyl (C=O) groups is 1. The predicted octanol–water partition coefficient (Wildman–Crippen LogP) is 5.63. The molecule has 0 atom stereocenters. The van der Waals surface area contributed by atoms with Gasteiger partial charge in [-0.1, -0.05) is 53.8 Å². The number of thiazole rings is 1. The topological polar surface area (TPSA) is 57.0 Å². The number of aryl methyl sites for hydroxylation is 2. The predicted molar refractivity (Wildman–Crippen MR) is 117 cm³/mol. The van der Waals surface area contributed by atoms with E-state index in [-0.39, 0.29) is 5.91 Å². The van der Waals surface area contributed by atoms with Gasteiger partial charge in [-0.05, 0) is 54.8 Å². The molecule has 4 rings (SSSR count). The van der Waals surface area contributed by atoms with Gasteiger partial charge in [-0.2, -0.15) is 5.26 Å². The minimum Gasteiger partial charge on any atom is -0.279 e. The maximum atomic E-state index is 13.4. The second-order valence-electron chi connectivity index (χ2n) is 6.94. The molecule has 0 saturated carbocycles. The Morgan fingerprint density at radius 3 is 2.34 bits per heavy atom. The molecule has 1 amide bonds. The molecule has 142 valence electrons. The van der Waals surface area contributed by atoms with Gasteiger partial charge in [0.05, 0.1) is 28.4 Å². The fraction of sp³-hybridized carbons (Fsp3) is 0.125. The number of hydrogen-bond acceptors (Lipinski definition) is 4. The van der Waals surface area contributed by atoms with Crippen molar-refractivity contribution in [1.82, 2.24) is 4.98 Å². The third-order valence-corrected chi connectivity index (χ3v) is 6.07. The molecule has 1 heterocycles.